The normalized spacial score (nSPS) is 10.2. The second-order valence-electron chi connectivity index (χ2n) is 4.37. The standard InChI is InChI=1S/C13H9N3O6/c17-14(18)11-7-6-10(8-9-4-2-1-3-5-9)12(15(19)20)13(11)16(21)22/h1-7H,8H2. The van der Waals surface area contributed by atoms with E-state index in [0.717, 1.165) is 6.07 Å². The molecular weight excluding hydrogens is 294 g/mol. The van der Waals surface area contributed by atoms with E-state index >= 15 is 0 Å². The van der Waals surface area contributed by atoms with Crippen molar-refractivity contribution in [1.29, 1.82) is 0 Å². The number of nitrogens with zero attached hydrogens (tertiary/aromatic N) is 3. The van der Waals surface area contributed by atoms with E-state index in [1.54, 1.807) is 30.3 Å². The zero-order chi connectivity index (χ0) is 16.3. The Morgan fingerprint density at radius 1 is 0.727 bits per heavy atom. The lowest BCUT2D eigenvalue weighted by atomic mass is 10.0. The van der Waals surface area contributed by atoms with Gasteiger partial charge in [-0.2, -0.15) is 0 Å². The van der Waals surface area contributed by atoms with E-state index in [2.05, 4.69) is 0 Å². The van der Waals surface area contributed by atoms with Crippen LogP contribution in [0.5, 0.6) is 0 Å². The van der Waals surface area contributed by atoms with Gasteiger partial charge in [0.15, 0.2) is 0 Å². The maximum absolute atomic E-state index is 11.2. The summed E-state index contributed by atoms with van der Waals surface area (Å²) in [5, 5.41) is 33.1. The van der Waals surface area contributed by atoms with Gasteiger partial charge in [-0.1, -0.05) is 30.3 Å². The topological polar surface area (TPSA) is 129 Å². The van der Waals surface area contributed by atoms with Crippen molar-refractivity contribution < 1.29 is 14.8 Å². The van der Waals surface area contributed by atoms with Crippen molar-refractivity contribution in [1.82, 2.24) is 0 Å². The van der Waals surface area contributed by atoms with E-state index in [1.807, 2.05) is 0 Å². The average molecular weight is 303 g/mol. The smallest absolute Gasteiger partial charge is 0.258 e. The van der Waals surface area contributed by atoms with Crippen LogP contribution >= 0.6 is 0 Å². The van der Waals surface area contributed by atoms with Crippen LogP contribution in [-0.2, 0) is 6.42 Å². The Bertz CT molecular complexity index is 760. The van der Waals surface area contributed by atoms with Crippen LogP contribution in [0.3, 0.4) is 0 Å². The van der Waals surface area contributed by atoms with E-state index in [1.165, 1.54) is 6.07 Å². The Morgan fingerprint density at radius 3 is 1.82 bits per heavy atom. The Balaban J connectivity index is 2.65. The highest BCUT2D eigenvalue weighted by Gasteiger charge is 2.38. The van der Waals surface area contributed by atoms with E-state index < -0.39 is 31.8 Å². The number of hydrogen-bond donors (Lipinski definition) is 0. The SMILES string of the molecule is O=[N+]([O-])c1ccc(Cc2ccccc2)c([N+](=O)[O-])c1[N+](=O)[O-]. The Kier molecular flexibility index (Phi) is 4.07. The minimum Gasteiger partial charge on any atom is -0.258 e. The third kappa shape index (κ3) is 2.87. The predicted molar refractivity (Wildman–Crippen MR) is 75.7 cm³/mol. The van der Waals surface area contributed by atoms with Crippen molar-refractivity contribution in [2.45, 2.75) is 6.42 Å². The van der Waals surface area contributed by atoms with Crippen molar-refractivity contribution >= 4 is 17.1 Å². The lowest BCUT2D eigenvalue weighted by Gasteiger charge is -2.04. The van der Waals surface area contributed by atoms with Crippen molar-refractivity contribution in [3.8, 4) is 0 Å². The van der Waals surface area contributed by atoms with Crippen LogP contribution in [-0.4, -0.2) is 14.8 Å². The molecule has 9 heteroatoms. The van der Waals surface area contributed by atoms with Crippen LogP contribution < -0.4 is 0 Å². The Labute approximate surface area is 123 Å². The first-order chi connectivity index (χ1) is 10.4. The molecule has 112 valence electrons. The fourth-order valence-electron chi connectivity index (χ4n) is 2.10. The molecule has 0 aliphatic heterocycles. The first-order valence-corrected chi connectivity index (χ1v) is 6.04. The summed E-state index contributed by atoms with van der Waals surface area (Å²) in [5.41, 5.74) is -2.08. The summed E-state index contributed by atoms with van der Waals surface area (Å²) in [6, 6.07) is 10.7. The monoisotopic (exact) mass is 303 g/mol. The molecule has 0 bridgehead atoms. The Hall–Kier alpha value is -3.36. The molecule has 0 aliphatic rings. The molecule has 2 aromatic carbocycles. The predicted octanol–water partition coefficient (Wildman–Crippen LogP) is 3.00. The lowest BCUT2D eigenvalue weighted by Crippen LogP contribution is -2.05. The van der Waals surface area contributed by atoms with Crippen LogP contribution in [0.15, 0.2) is 42.5 Å². The van der Waals surface area contributed by atoms with Gasteiger partial charge in [0.05, 0.1) is 14.8 Å². The summed E-state index contributed by atoms with van der Waals surface area (Å²) in [5.74, 6) is 0. The van der Waals surface area contributed by atoms with Gasteiger partial charge < -0.3 is 0 Å². The van der Waals surface area contributed by atoms with Crippen LogP contribution in [0, 0.1) is 30.3 Å². The van der Waals surface area contributed by atoms with Gasteiger partial charge in [0.1, 0.15) is 0 Å². The van der Waals surface area contributed by atoms with Crippen molar-refractivity contribution in [3.05, 3.63) is 83.9 Å². The number of hydrogen-bond acceptors (Lipinski definition) is 6. The third-order valence-corrected chi connectivity index (χ3v) is 3.01. The summed E-state index contributed by atoms with van der Waals surface area (Å²) in [7, 11) is 0. The van der Waals surface area contributed by atoms with E-state index in [9.17, 15) is 30.3 Å². The first kappa shape index (κ1) is 15.0. The number of rotatable bonds is 5. The van der Waals surface area contributed by atoms with Crippen LogP contribution in [0.2, 0.25) is 0 Å². The third-order valence-electron chi connectivity index (χ3n) is 3.01. The van der Waals surface area contributed by atoms with Gasteiger partial charge >= 0.3 is 17.1 Å². The molecule has 0 N–H and O–H groups in total. The fourth-order valence-corrected chi connectivity index (χ4v) is 2.10. The van der Waals surface area contributed by atoms with Crippen LogP contribution in [0.4, 0.5) is 17.1 Å². The van der Waals surface area contributed by atoms with Gasteiger partial charge in [0, 0.05) is 18.1 Å². The van der Waals surface area contributed by atoms with Crippen LogP contribution in [0.1, 0.15) is 11.1 Å². The molecular formula is C13H9N3O6. The van der Waals surface area contributed by atoms with Gasteiger partial charge in [0.2, 0.25) is 0 Å². The van der Waals surface area contributed by atoms with Gasteiger partial charge in [-0.25, -0.2) is 0 Å². The molecule has 0 saturated carbocycles. The average Bonchev–Trinajstić information content (AvgIpc) is 2.47. The van der Waals surface area contributed by atoms with Crippen LogP contribution in [0.25, 0.3) is 0 Å². The minimum absolute atomic E-state index is 0.0495. The lowest BCUT2D eigenvalue weighted by molar-refractivity contribution is -0.441. The molecule has 0 amide bonds. The second-order valence-corrected chi connectivity index (χ2v) is 4.37. The maximum atomic E-state index is 11.2. The second kappa shape index (κ2) is 5.95. The molecule has 0 radical (unpaired) electrons. The highest BCUT2D eigenvalue weighted by atomic mass is 16.6. The summed E-state index contributed by atoms with van der Waals surface area (Å²) >= 11 is 0. The molecule has 2 rings (SSSR count). The van der Waals surface area contributed by atoms with E-state index in [0.29, 0.717) is 5.56 Å². The number of nitro benzene ring substituents is 3. The van der Waals surface area contributed by atoms with Gasteiger partial charge in [0.25, 0.3) is 0 Å². The van der Waals surface area contributed by atoms with Gasteiger partial charge in [-0.15, -0.1) is 0 Å². The first-order valence-electron chi connectivity index (χ1n) is 6.04. The van der Waals surface area contributed by atoms with Gasteiger partial charge in [-0.05, 0) is 11.6 Å². The molecule has 0 saturated heterocycles. The minimum atomic E-state index is -1.09. The molecule has 0 atom stereocenters. The summed E-state index contributed by atoms with van der Waals surface area (Å²) in [4.78, 5) is 30.0. The molecule has 0 aromatic heterocycles. The Morgan fingerprint density at radius 2 is 1.32 bits per heavy atom. The number of nitro groups is 3. The van der Waals surface area contributed by atoms with Crippen molar-refractivity contribution in [2.75, 3.05) is 0 Å². The number of benzene rings is 2. The van der Waals surface area contributed by atoms with Crippen molar-refractivity contribution in [2.24, 2.45) is 0 Å². The summed E-state index contributed by atoms with van der Waals surface area (Å²) in [6.45, 7) is 0. The quantitative estimate of drug-likeness (QED) is 0.616. The molecule has 2 aromatic rings. The maximum Gasteiger partial charge on any atom is 0.422 e. The zero-order valence-corrected chi connectivity index (χ0v) is 11.0. The molecule has 22 heavy (non-hydrogen) atoms. The molecule has 0 unspecified atom stereocenters. The fraction of sp³-hybridized carbons (Fsp3) is 0.0769. The van der Waals surface area contributed by atoms with E-state index in [4.69, 9.17) is 0 Å². The molecule has 0 heterocycles. The molecule has 0 aliphatic carbocycles. The highest BCUT2D eigenvalue weighted by Crippen LogP contribution is 2.39. The highest BCUT2D eigenvalue weighted by molar-refractivity contribution is 5.69. The zero-order valence-electron chi connectivity index (χ0n) is 11.0. The van der Waals surface area contributed by atoms with E-state index in [-0.39, 0.29) is 12.0 Å². The summed E-state index contributed by atoms with van der Waals surface area (Å²) < 4.78 is 0. The van der Waals surface area contributed by atoms with Crippen molar-refractivity contribution in [3.63, 3.8) is 0 Å². The largest absolute Gasteiger partial charge is 0.422 e. The molecule has 9 nitrogen and oxygen atoms in total. The van der Waals surface area contributed by atoms with Gasteiger partial charge in [-0.3, -0.25) is 30.3 Å². The summed E-state index contributed by atoms with van der Waals surface area (Å²) in [6.07, 6.45) is 0.0655. The molecule has 0 fully saturated rings. The molecule has 0 spiro atoms.